The van der Waals surface area contributed by atoms with Gasteiger partial charge in [0.15, 0.2) is 0 Å². The van der Waals surface area contributed by atoms with Crippen LogP contribution in [0.1, 0.15) is 21.5 Å². The zero-order chi connectivity index (χ0) is 17.8. The Labute approximate surface area is 151 Å². The van der Waals surface area contributed by atoms with E-state index in [1.807, 2.05) is 49.4 Å². The molecule has 5 nitrogen and oxygen atoms in total. The molecular formula is C19H18ClN3O2. The number of hydrogen-bond donors (Lipinski definition) is 1. The first-order valence-electron chi connectivity index (χ1n) is 7.78. The normalized spacial score (nSPS) is 10.5. The predicted octanol–water partition coefficient (Wildman–Crippen LogP) is 4.15. The molecule has 1 aromatic heterocycles. The number of ether oxygens (including phenoxy) is 1. The first-order chi connectivity index (χ1) is 12.1. The third-order valence-electron chi connectivity index (χ3n) is 3.79. The second-order valence-electron chi connectivity index (χ2n) is 5.68. The van der Waals surface area contributed by atoms with Gasteiger partial charge in [0.2, 0.25) is 0 Å². The Morgan fingerprint density at radius 1 is 1.28 bits per heavy atom. The number of carbonyl (C=O) groups excluding carboxylic acids is 1. The first-order valence-corrected chi connectivity index (χ1v) is 8.16. The maximum Gasteiger partial charge on any atom is 0.258 e. The number of halogens is 1. The number of anilines is 1. The second kappa shape index (κ2) is 7.40. The van der Waals surface area contributed by atoms with Gasteiger partial charge < -0.3 is 10.1 Å². The molecule has 25 heavy (non-hydrogen) atoms. The third-order valence-corrected chi connectivity index (χ3v) is 4.16. The SMILES string of the molecule is COc1ccc(C)cc1NC(=O)c1cnn(Cc2ccccc2Cl)c1. The monoisotopic (exact) mass is 355 g/mol. The number of nitrogens with one attached hydrogen (secondary N) is 1. The standard InChI is InChI=1S/C19H18ClN3O2/c1-13-7-8-18(25-2)17(9-13)22-19(24)15-10-21-23(12-15)11-14-5-3-4-6-16(14)20/h3-10,12H,11H2,1-2H3,(H,22,24). The van der Waals surface area contributed by atoms with E-state index >= 15 is 0 Å². The largest absolute Gasteiger partial charge is 0.495 e. The molecule has 0 saturated heterocycles. The van der Waals surface area contributed by atoms with Crippen molar-refractivity contribution in [2.24, 2.45) is 0 Å². The number of benzene rings is 2. The van der Waals surface area contributed by atoms with Gasteiger partial charge in [-0.1, -0.05) is 35.9 Å². The Balaban J connectivity index is 1.75. The fraction of sp³-hybridized carbons (Fsp3) is 0.158. The maximum atomic E-state index is 12.5. The van der Waals surface area contributed by atoms with Crippen LogP contribution in [0.15, 0.2) is 54.9 Å². The van der Waals surface area contributed by atoms with E-state index < -0.39 is 0 Å². The quantitative estimate of drug-likeness (QED) is 0.747. The van der Waals surface area contributed by atoms with Crippen LogP contribution in [0.3, 0.4) is 0 Å². The van der Waals surface area contributed by atoms with Gasteiger partial charge in [0, 0.05) is 11.2 Å². The lowest BCUT2D eigenvalue weighted by Crippen LogP contribution is -2.12. The molecule has 0 aliphatic carbocycles. The molecule has 0 aliphatic rings. The molecule has 6 heteroatoms. The maximum absolute atomic E-state index is 12.5. The summed E-state index contributed by atoms with van der Waals surface area (Å²) < 4.78 is 6.97. The summed E-state index contributed by atoms with van der Waals surface area (Å²) in [5.74, 6) is 0.372. The molecule has 128 valence electrons. The van der Waals surface area contributed by atoms with E-state index in [1.54, 1.807) is 18.0 Å². The third kappa shape index (κ3) is 4.00. The van der Waals surface area contributed by atoms with E-state index in [0.717, 1.165) is 11.1 Å². The van der Waals surface area contributed by atoms with Crippen molar-refractivity contribution in [3.63, 3.8) is 0 Å². The molecule has 0 aliphatic heterocycles. The van der Waals surface area contributed by atoms with Gasteiger partial charge in [0.05, 0.1) is 31.1 Å². The molecule has 2 aromatic carbocycles. The Morgan fingerprint density at radius 3 is 2.84 bits per heavy atom. The van der Waals surface area contributed by atoms with Crippen LogP contribution in [-0.4, -0.2) is 22.8 Å². The van der Waals surface area contributed by atoms with E-state index in [4.69, 9.17) is 16.3 Å². The van der Waals surface area contributed by atoms with E-state index in [9.17, 15) is 4.79 Å². The summed E-state index contributed by atoms with van der Waals surface area (Å²) in [6.45, 7) is 2.46. The summed E-state index contributed by atoms with van der Waals surface area (Å²) in [5, 5.41) is 7.78. The molecule has 0 radical (unpaired) electrons. The minimum Gasteiger partial charge on any atom is -0.495 e. The molecule has 0 saturated carbocycles. The molecule has 1 heterocycles. The molecule has 1 N–H and O–H groups in total. The predicted molar refractivity (Wildman–Crippen MR) is 98.5 cm³/mol. The van der Waals surface area contributed by atoms with Crippen LogP contribution in [0, 0.1) is 6.92 Å². The van der Waals surface area contributed by atoms with E-state index in [-0.39, 0.29) is 5.91 Å². The Kier molecular flexibility index (Phi) is 5.05. The number of amides is 1. The average molecular weight is 356 g/mol. The van der Waals surface area contributed by atoms with E-state index in [0.29, 0.717) is 28.6 Å². The van der Waals surface area contributed by atoms with Crippen molar-refractivity contribution in [3.05, 3.63) is 76.6 Å². The fourth-order valence-electron chi connectivity index (χ4n) is 2.48. The smallest absolute Gasteiger partial charge is 0.258 e. The first kappa shape index (κ1) is 17.0. The Bertz CT molecular complexity index is 905. The van der Waals surface area contributed by atoms with Crippen LogP contribution >= 0.6 is 11.6 Å². The molecule has 3 aromatic rings. The fourth-order valence-corrected chi connectivity index (χ4v) is 2.68. The molecule has 1 amide bonds. The number of rotatable bonds is 5. The van der Waals surface area contributed by atoms with Crippen molar-refractivity contribution in [1.82, 2.24) is 9.78 Å². The van der Waals surface area contributed by atoms with Gasteiger partial charge in [0.1, 0.15) is 5.75 Å². The average Bonchev–Trinajstić information content (AvgIpc) is 3.06. The molecule has 0 unspecified atom stereocenters. The molecule has 3 rings (SSSR count). The molecule has 0 fully saturated rings. The summed E-state index contributed by atoms with van der Waals surface area (Å²) in [6.07, 6.45) is 3.23. The number of carbonyl (C=O) groups is 1. The summed E-state index contributed by atoms with van der Waals surface area (Å²) in [4.78, 5) is 12.5. The highest BCUT2D eigenvalue weighted by molar-refractivity contribution is 6.31. The van der Waals surface area contributed by atoms with Gasteiger partial charge in [-0.3, -0.25) is 9.48 Å². The minimum atomic E-state index is -0.241. The molecule has 0 bridgehead atoms. The number of nitrogens with zero attached hydrogens (tertiary/aromatic N) is 2. The van der Waals surface area contributed by atoms with Gasteiger partial charge >= 0.3 is 0 Å². The van der Waals surface area contributed by atoms with Crippen LogP contribution < -0.4 is 10.1 Å². The molecular weight excluding hydrogens is 338 g/mol. The van der Waals surface area contributed by atoms with Crippen LogP contribution in [0.25, 0.3) is 0 Å². The lowest BCUT2D eigenvalue weighted by Gasteiger charge is -2.10. The molecule has 0 spiro atoms. The van der Waals surface area contributed by atoms with Gasteiger partial charge in [-0.2, -0.15) is 5.10 Å². The van der Waals surface area contributed by atoms with Gasteiger partial charge in [-0.15, -0.1) is 0 Å². The Hall–Kier alpha value is -2.79. The lowest BCUT2D eigenvalue weighted by atomic mass is 10.2. The van der Waals surface area contributed by atoms with E-state index in [1.165, 1.54) is 6.20 Å². The number of aromatic nitrogens is 2. The van der Waals surface area contributed by atoms with E-state index in [2.05, 4.69) is 10.4 Å². The molecule has 0 atom stereocenters. The van der Waals surface area contributed by atoms with Gasteiger partial charge in [-0.25, -0.2) is 0 Å². The van der Waals surface area contributed by atoms with Crippen LogP contribution in [0.4, 0.5) is 5.69 Å². The lowest BCUT2D eigenvalue weighted by molar-refractivity contribution is 0.102. The topological polar surface area (TPSA) is 56.1 Å². The highest BCUT2D eigenvalue weighted by Crippen LogP contribution is 2.25. The Morgan fingerprint density at radius 2 is 2.08 bits per heavy atom. The zero-order valence-electron chi connectivity index (χ0n) is 14.0. The van der Waals surface area contributed by atoms with Gasteiger partial charge in [0.25, 0.3) is 5.91 Å². The minimum absolute atomic E-state index is 0.241. The van der Waals surface area contributed by atoms with Crippen molar-refractivity contribution < 1.29 is 9.53 Å². The highest BCUT2D eigenvalue weighted by atomic mass is 35.5. The summed E-state index contributed by atoms with van der Waals surface area (Å²) in [6, 6.07) is 13.2. The summed E-state index contributed by atoms with van der Waals surface area (Å²) in [7, 11) is 1.57. The number of aryl methyl sites for hydroxylation is 1. The van der Waals surface area contributed by atoms with Crippen molar-refractivity contribution in [2.45, 2.75) is 13.5 Å². The van der Waals surface area contributed by atoms with Crippen molar-refractivity contribution >= 4 is 23.2 Å². The van der Waals surface area contributed by atoms with Crippen LogP contribution in [0.5, 0.6) is 5.75 Å². The highest BCUT2D eigenvalue weighted by Gasteiger charge is 2.12. The zero-order valence-corrected chi connectivity index (χ0v) is 14.7. The number of methoxy groups -OCH3 is 1. The van der Waals surface area contributed by atoms with Crippen LogP contribution in [0.2, 0.25) is 5.02 Å². The van der Waals surface area contributed by atoms with Crippen molar-refractivity contribution in [1.29, 1.82) is 0 Å². The summed E-state index contributed by atoms with van der Waals surface area (Å²) >= 11 is 6.16. The van der Waals surface area contributed by atoms with Gasteiger partial charge in [-0.05, 0) is 36.2 Å². The van der Waals surface area contributed by atoms with Crippen LogP contribution in [-0.2, 0) is 6.54 Å². The summed E-state index contributed by atoms with van der Waals surface area (Å²) in [5.41, 5.74) is 3.08. The second-order valence-corrected chi connectivity index (χ2v) is 6.08. The van der Waals surface area contributed by atoms with Crippen molar-refractivity contribution in [3.8, 4) is 5.75 Å². The van der Waals surface area contributed by atoms with Crippen molar-refractivity contribution in [2.75, 3.05) is 12.4 Å². The number of hydrogen-bond acceptors (Lipinski definition) is 3.